The molecule has 2 heterocycles. The van der Waals surface area contributed by atoms with E-state index in [1.54, 1.807) is 33.7 Å². The highest BCUT2D eigenvalue weighted by atomic mass is 32.2. The number of amides is 3. The maximum absolute atomic E-state index is 13.1. The maximum Gasteiger partial charge on any atom is 0.337 e. The minimum atomic E-state index is -0.923. The first kappa shape index (κ1) is 25.7. The van der Waals surface area contributed by atoms with Gasteiger partial charge in [-0.15, -0.1) is 11.8 Å². The summed E-state index contributed by atoms with van der Waals surface area (Å²) in [5, 5.41) is 13.3. The molecule has 1 saturated heterocycles. The highest BCUT2D eigenvalue weighted by molar-refractivity contribution is 7.99. The number of carbonyl (C=O) groups is 3. The Labute approximate surface area is 214 Å². The van der Waals surface area contributed by atoms with Crippen molar-refractivity contribution in [2.24, 2.45) is 5.10 Å². The molecule has 0 atom stereocenters. The van der Waals surface area contributed by atoms with Gasteiger partial charge in [-0.1, -0.05) is 19.1 Å². The number of anilines is 1. The van der Waals surface area contributed by atoms with Crippen LogP contribution >= 0.6 is 11.8 Å². The van der Waals surface area contributed by atoms with Crippen molar-refractivity contribution in [2.75, 3.05) is 43.5 Å². The molecule has 2 aromatic carbocycles. The van der Waals surface area contributed by atoms with E-state index < -0.39 is 5.97 Å². The fourth-order valence-corrected chi connectivity index (χ4v) is 5.05. The predicted molar refractivity (Wildman–Crippen MR) is 139 cm³/mol. The summed E-state index contributed by atoms with van der Waals surface area (Å²) in [6.45, 7) is 4.56. The molecular formula is C26H30N4O5S. The molecule has 0 spiro atoms. The molecule has 1 fully saturated rings. The molecular weight excluding hydrogens is 480 g/mol. The number of urea groups is 1. The molecule has 0 unspecified atom stereocenters. The third-order valence-corrected chi connectivity index (χ3v) is 7.13. The third kappa shape index (κ3) is 6.06. The van der Waals surface area contributed by atoms with E-state index in [2.05, 4.69) is 10.5 Å². The van der Waals surface area contributed by atoms with Gasteiger partial charge in [0.15, 0.2) is 5.71 Å². The fourth-order valence-electron chi connectivity index (χ4n) is 4.16. The summed E-state index contributed by atoms with van der Waals surface area (Å²) >= 11 is 1.69. The molecule has 190 valence electrons. The number of aryl methyl sites for hydroxylation is 1. The number of carboxylic acid groups (broad SMARTS) is 1. The minimum absolute atomic E-state index is 0.207. The zero-order valence-electron chi connectivity index (χ0n) is 20.2. The van der Waals surface area contributed by atoms with Crippen LogP contribution in [0.3, 0.4) is 0 Å². The Kier molecular flexibility index (Phi) is 8.61. The average molecular weight is 511 g/mol. The Balaban J connectivity index is 1.41. The van der Waals surface area contributed by atoms with Gasteiger partial charge >= 0.3 is 12.0 Å². The summed E-state index contributed by atoms with van der Waals surface area (Å²) in [6, 6.07) is 12.5. The van der Waals surface area contributed by atoms with E-state index in [9.17, 15) is 14.4 Å². The number of hydrazone groups is 1. The molecule has 2 aliphatic heterocycles. The first-order chi connectivity index (χ1) is 17.5. The van der Waals surface area contributed by atoms with Crippen molar-refractivity contribution in [3.8, 4) is 0 Å². The van der Waals surface area contributed by atoms with Crippen LogP contribution in [0.25, 0.3) is 0 Å². The van der Waals surface area contributed by atoms with Gasteiger partial charge in [-0.2, -0.15) is 5.10 Å². The lowest BCUT2D eigenvalue weighted by molar-refractivity contribution is -0.112. The van der Waals surface area contributed by atoms with Crippen LogP contribution in [0.1, 0.15) is 41.3 Å². The van der Waals surface area contributed by atoms with Crippen molar-refractivity contribution in [3.63, 3.8) is 0 Å². The first-order valence-electron chi connectivity index (χ1n) is 12.1. The molecule has 0 bridgehead atoms. The monoisotopic (exact) mass is 510 g/mol. The fraction of sp³-hybridized carbons (Fsp3) is 0.385. The van der Waals surface area contributed by atoms with Gasteiger partial charge in [0.25, 0.3) is 5.91 Å². The van der Waals surface area contributed by atoms with Gasteiger partial charge in [0.05, 0.1) is 24.5 Å². The number of thioether (sulfide) groups is 1. The summed E-state index contributed by atoms with van der Waals surface area (Å²) in [5.41, 5.74) is 5.73. The normalized spacial score (nSPS) is 16.4. The lowest BCUT2D eigenvalue weighted by Gasteiger charge is -2.25. The lowest BCUT2D eigenvalue weighted by Crippen LogP contribution is -2.45. The van der Waals surface area contributed by atoms with Gasteiger partial charge in [0.2, 0.25) is 0 Å². The van der Waals surface area contributed by atoms with Gasteiger partial charge in [0, 0.05) is 30.1 Å². The van der Waals surface area contributed by atoms with Crippen LogP contribution in [0.5, 0.6) is 0 Å². The van der Waals surface area contributed by atoms with Crippen LogP contribution in [0.15, 0.2) is 52.5 Å². The number of fused-ring (bicyclic) bond motifs is 1. The molecule has 3 amide bonds. The Morgan fingerprint density at radius 2 is 1.89 bits per heavy atom. The van der Waals surface area contributed by atoms with Gasteiger partial charge in [-0.3, -0.25) is 4.79 Å². The Morgan fingerprint density at radius 3 is 2.58 bits per heavy atom. The smallest absolute Gasteiger partial charge is 0.337 e. The number of rotatable bonds is 9. The van der Waals surface area contributed by atoms with Crippen molar-refractivity contribution in [2.45, 2.75) is 31.1 Å². The van der Waals surface area contributed by atoms with E-state index in [1.807, 2.05) is 37.3 Å². The molecule has 0 radical (unpaired) electrons. The van der Waals surface area contributed by atoms with E-state index in [4.69, 9.17) is 9.84 Å². The lowest BCUT2D eigenvalue weighted by atomic mass is 10.1. The molecule has 0 aromatic heterocycles. The molecule has 2 aliphatic rings. The summed E-state index contributed by atoms with van der Waals surface area (Å²) in [4.78, 5) is 40.9. The summed E-state index contributed by atoms with van der Waals surface area (Å²) < 4.78 is 5.28. The topological polar surface area (TPSA) is 112 Å². The van der Waals surface area contributed by atoms with E-state index in [1.165, 1.54) is 0 Å². The van der Waals surface area contributed by atoms with Crippen molar-refractivity contribution >= 4 is 41.1 Å². The number of aromatic carboxylic acids is 1. The standard InChI is InChI=1S/C26H30N4O5S/c1-2-11-30-22-10-9-20(36-16-3-4-18-5-7-19(8-6-18)25(32)33)17-21(22)23(24(30)31)27-28-26(34)29-12-14-35-15-13-29/h5-10,17H,2-4,11-16H2,1H3,(H,28,34)(H,32,33)/b27-23-. The van der Waals surface area contributed by atoms with Gasteiger partial charge in [-0.05, 0) is 60.9 Å². The average Bonchev–Trinajstić information content (AvgIpc) is 3.16. The van der Waals surface area contributed by atoms with E-state index in [-0.39, 0.29) is 23.2 Å². The highest BCUT2D eigenvalue weighted by Gasteiger charge is 2.34. The van der Waals surface area contributed by atoms with E-state index in [0.29, 0.717) is 32.8 Å². The van der Waals surface area contributed by atoms with Crippen LogP contribution < -0.4 is 10.3 Å². The number of hydrogen-bond acceptors (Lipinski definition) is 6. The van der Waals surface area contributed by atoms with Crippen LogP contribution in [-0.2, 0) is 16.0 Å². The van der Waals surface area contributed by atoms with Crippen molar-refractivity contribution in [3.05, 3.63) is 59.2 Å². The predicted octanol–water partition coefficient (Wildman–Crippen LogP) is 3.61. The molecule has 0 saturated carbocycles. The van der Waals surface area contributed by atoms with Gasteiger partial charge in [0.1, 0.15) is 0 Å². The maximum atomic E-state index is 13.1. The number of nitrogens with zero attached hydrogens (tertiary/aromatic N) is 3. The van der Waals surface area contributed by atoms with Crippen LogP contribution in [0.2, 0.25) is 0 Å². The first-order valence-corrected chi connectivity index (χ1v) is 13.1. The van der Waals surface area contributed by atoms with E-state index >= 15 is 0 Å². The number of carboxylic acids is 1. The zero-order valence-corrected chi connectivity index (χ0v) is 21.1. The zero-order chi connectivity index (χ0) is 25.5. The van der Waals surface area contributed by atoms with Gasteiger partial charge in [-0.25, -0.2) is 15.0 Å². The summed E-state index contributed by atoms with van der Waals surface area (Å²) in [6.07, 6.45) is 2.58. The highest BCUT2D eigenvalue weighted by Crippen LogP contribution is 2.33. The van der Waals surface area contributed by atoms with Crippen LogP contribution in [0.4, 0.5) is 10.5 Å². The van der Waals surface area contributed by atoms with Crippen molar-refractivity contribution in [1.29, 1.82) is 0 Å². The number of benzene rings is 2. The second-order valence-corrected chi connectivity index (χ2v) is 9.73. The second-order valence-electron chi connectivity index (χ2n) is 8.57. The molecule has 10 heteroatoms. The van der Waals surface area contributed by atoms with Crippen molar-refractivity contribution < 1.29 is 24.2 Å². The quantitative estimate of drug-likeness (QED) is 0.303. The molecule has 4 rings (SSSR count). The molecule has 2 aromatic rings. The largest absolute Gasteiger partial charge is 0.478 e. The van der Waals surface area contributed by atoms with Crippen LogP contribution in [0, 0.1) is 0 Å². The number of carbonyl (C=O) groups excluding carboxylic acids is 2. The molecule has 0 aliphatic carbocycles. The summed E-state index contributed by atoms with van der Waals surface area (Å²) in [5.74, 6) is -0.263. The van der Waals surface area contributed by atoms with Crippen molar-refractivity contribution in [1.82, 2.24) is 10.3 Å². The Hall–Kier alpha value is -3.37. The third-order valence-electron chi connectivity index (χ3n) is 6.05. The molecule has 9 nitrogen and oxygen atoms in total. The minimum Gasteiger partial charge on any atom is -0.478 e. The molecule has 36 heavy (non-hydrogen) atoms. The van der Waals surface area contributed by atoms with E-state index in [0.717, 1.165) is 46.7 Å². The Bertz CT molecular complexity index is 1150. The Morgan fingerprint density at radius 1 is 1.14 bits per heavy atom. The second kappa shape index (κ2) is 12.0. The van der Waals surface area contributed by atoms with Gasteiger partial charge < -0.3 is 19.6 Å². The summed E-state index contributed by atoms with van der Waals surface area (Å²) in [7, 11) is 0. The SMILES string of the molecule is CCCN1C(=O)/C(=N\NC(=O)N2CCOCC2)c2cc(SCCCc3ccc(C(=O)O)cc3)ccc21. The number of morpholine rings is 1. The van der Waals surface area contributed by atoms with Crippen LogP contribution in [-0.4, -0.2) is 72.2 Å². The number of nitrogens with one attached hydrogen (secondary N) is 1. The molecule has 2 N–H and O–H groups in total. The number of hydrogen-bond donors (Lipinski definition) is 2. The number of ether oxygens (including phenoxy) is 1.